The van der Waals surface area contributed by atoms with E-state index in [1.54, 1.807) is 17.4 Å². The van der Waals surface area contributed by atoms with Crippen molar-refractivity contribution in [3.63, 3.8) is 0 Å². The number of rotatable bonds is 6. The van der Waals surface area contributed by atoms with Crippen molar-refractivity contribution in [1.29, 1.82) is 0 Å². The molecule has 29 heavy (non-hydrogen) atoms. The molecule has 0 saturated carbocycles. The molecule has 0 atom stereocenters. The van der Waals surface area contributed by atoms with Gasteiger partial charge in [0.2, 0.25) is 5.91 Å². The number of methoxy groups -OCH3 is 1. The highest BCUT2D eigenvalue weighted by Crippen LogP contribution is 2.31. The maximum absolute atomic E-state index is 12.9. The van der Waals surface area contributed by atoms with Crippen LogP contribution in [0.3, 0.4) is 0 Å². The topological polar surface area (TPSA) is 59.5 Å². The van der Waals surface area contributed by atoms with Crippen LogP contribution < -0.4 is 4.90 Å². The molecule has 0 spiro atoms. The molecule has 6 heteroatoms. The number of carbonyl (C=O) groups is 2. The van der Waals surface area contributed by atoms with Crippen molar-refractivity contribution in [2.24, 2.45) is 0 Å². The van der Waals surface area contributed by atoms with Crippen LogP contribution in [0.5, 0.6) is 0 Å². The second-order valence-electron chi connectivity index (χ2n) is 7.23. The summed E-state index contributed by atoms with van der Waals surface area (Å²) in [7, 11) is 1.39. The molecule has 1 aliphatic rings. The van der Waals surface area contributed by atoms with Crippen molar-refractivity contribution in [3.05, 3.63) is 58.6 Å². The Labute approximate surface area is 174 Å². The van der Waals surface area contributed by atoms with Crippen LogP contribution in [-0.4, -0.2) is 30.5 Å². The van der Waals surface area contributed by atoms with Crippen molar-refractivity contribution in [2.75, 3.05) is 18.6 Å². The number of nitrogens with zero attached hydrogens (tertiary/aromatic N) is 2. The second-order valence-corrected chi connectivity index (χ2v) is 8.34. The van der Waals surface area contributed by atoms with E-state index in [1.807, 2.05) is 35.2 Å². The van der Waals surface area contributed by atoms with Gasteiger partial charge in [0.1, 0.15) is 0 Å². The Morgan fingerprint density at radius 3 is 2.83 bits per heavy atom. The number of fused-ring (bicyclic) bond motifs is 2. The molecule has 4 rings (SSSR count). The van der Waals surface area contributed by atoms with Crippen molar-refractivity contribution >= 4 is 39.1 Å². The number of esters is 1. The molecule has 0 bridgehead atoms. The average molecular weight is 409 g/mol. The molecule has 0 saturated heterocycles. The zero-order valence-corrected chi connectivity index (χ0v) is 17.3. The van der Waals surface area contributed by atoms with Gasteiger partial charge < -0.3 is 9.64 Å². The van der Waals surface area contributed by atoms with Gasteiger partial charge in [-0.25, -0.2) is 9.78 Å². The lowest BCUT2D eigenvalue weighted by Gasteiger charge is -2.30. The molecule has 0 unspecified atom stereocenters. The lowest BCUT2D eigenvalue weighted by Crippen LogP contribution is -2.36. The van der Waals surface area contributed by atoms with Crippen LogP contribution >= 0.6 is 11.3 Å². The van der Waals surface area contributed by atoms with Crippen LogP contribution in [0.1, 0.15) is 46.6 Å². The average Bonchev–Trinajstić information content (AvgIpc) is 3.18. The highest BCUT2D eigenvalue weighted by atomic mass is 32.1. The molecule has 2 heterocycles. The Morgan fingerprint density at radius 2 is 2.00 bits per heavy atom. The van der Waals surface area contributed by atoms with Crippen LogP contribution in [0.4, 0.5) is 5.69 Å². The Hall–Kier alpha value is -2.73. The van der Waals surface area contributed by atoms with Crippen molar-refractivity contribution in [2.45, 2.75) is 38.5 Å². The Kier molecular flexibility index (Phi) is 5.90. The number of aromatic nitrogens is 1. The summed E-state index contributed by atoms with van der Waals surface area (Å²) in [4.78, 5) is 31.4. The lowest BCUT2D eigenvalue weighted by atomic mass is 9.95. The standard InChI is InChI=1S/C23H24N2O3S/c1-28-23(27)17-8-6-11-19-16(17)9-7-15-25(19)22(26)14-5-4-13-21-24-18-10-2-3-12-20(18)29-21/h2-3,6,8,10-12H,4-5,7,9,13-15H2,1H3. The van der Waals surface area contributed by atoms with E-state index in [1.165, 1.54) is 11.8 Å². The van der Waals surface area contributed by atoms with Gasteiger partial charge >= 0.3 is 5.97 Å². The number of para-hydroxylation sites is 1. The van der Waals surface area contributed by atoms with E-state index in [-0.39, 0.29) is 11.9 Å². The summed E-state index contributed by atoms with van der Waals surface area (Å²) in [6.07, 6.45) is 4.83. The van der Waals surface area contributed by atoms with Gasteiger partial charge in [-0.3, -0.25) is 4.79 Å². The molecule has 0 radical (unpaired) electrons. The fraction of sp³-hybridized carbons (Fsp3) is 0.348. The maximum Gasteiger partial charge on any atom is 0.338 e. The predicted molar refractivity (Wildman–Crippen MR) is 116 cm³/mol. The summed E-state index contributed by atoms with van der Waals surface area (Å²) in [6.45, 7) is 0.703. The zero-order valence-electron chi connectivity index (χ0n) is 16.5. The van der Waals surface area contributed by atoms with Crippen molar-refractivity contribution < 1.29 is 14.3 Å². The third-order valence-corrected chi connectivity index (χ3v) is 6.42. The molecule has 150 valence electrons. The summed E-state index contributed by atoms with van der Waals surface area (Å²) >= 11 is 1.73. The molecule has 0 fully saturated rings. The molecular weight excluding hydrogens is 384 g/mol. The van der Waals surface area contributed by atoms with E-state index >= 15 is 0 Å². The van der Waals surface area contributed by atoms with E-state index < -0.39 is 0 Å². The summed E-state index contributed by atoms with van der Waals surface area (Å²) in [5.41, 5.74) is 3.40. The Balaban J connectivity index is 1.36. The first-order chi connectivity index (χ1) is 14.2. The fourth-order valence-corrected chi connectivity index (χ4v) is 4.91. The van der Waals surface area contributed by atoms with Gasteiger partial charge in [-0.1, -0.05) is 18.2 Å². The number of hydrogen-bond donors (Lipinski definition) is 0. The number of aryl methyl sites for hydroxylation is 1. The van der Waals surface area contributed by atoms with Gasteiger partial charge in [0.25, 0.3) is 0 Å². The Morgan fingerprint density at radius 1 is 1.14 bits per heavy atom. The fourth-order valence-electron chi connectivity index (χ4n) is 3.90. The third kappa shape index (κ3) is 4.17. The van der Waals surface area contributed by atoms with Crippen LogP contribution in [0.25, 0.3) is 10.2 Å². The lowest BCUT2D eigenvalue weighted by molar-refractivity contribution is -0.118. The number of carbonyl (C=O) groups excluding carboxylic acids is 2. The van der Waals surface area contributed by atoms with Gasteiger partial charge in [0, 0.05) is 18.7 Å². The van der Waals surface area contributed by atoms with Gasteiger partial charge in [-0.15, -0.1) is 11.3 Å². The van der Waals surface area contributed by atoms with E-state index in [0.717, 1.165) is 53.9 Å². The molecule has 5 nitrogen and oxygen atoms in total. The van der Waals surface area contributed by atoms with Crippen LogP contribution in [0, 0.1) is 0 Å². The van der Waals surface area contributed by atoms with Crippen LogP contribution in [0.15, 0.2) is 42.5 Å². The van der Waals surface area contributed by atoms with E-state index in [9.17, 15) is 9.59 Å². The molecule has 2 aromatic carbocycles. The molecule has 1 aromatic heterocycles. The summed E-state index contributed by atoms with van der Waals surface area (Å²) < 4.78 is 6.11. The first-order valence-corrected chi connectivity index (χ1v) is 10.8. The third-order valence-electron chi connectivity index (χ3n) is 5.33. The van der Waals surface area contributed by atoms with E-state index in [2.05, 4.69) is 11.1 Å². The predicted octanol–water partition coefficient (Wildman–Crippen LogP) is 4.78. The minimum atomic E-state index is -0.341. The maximum atomic E-state index is 12.9. The van der Waals surface area contributed by atoms with Gasteiger partial charge in [0.15, 0.2) is 0 Å². The minimum Gasteiger partial charge on any atom is -0.465 e. The van der Waals surface area contributed by atoms with Crippen molar-refractivity contribution in [3.8, 4) is 0 Å². The number of hydrogen-bond acceptors (Lipinski definition) is 5. The number of amides is 1. The van der Waals surface area contributed by atoms with Gasteiger partial charge in [-0.05, 0) is 61.9 Å². The SMILES string of the molecule is COC(=O)c1cccc2c1CCCN2C(=O)CCCCc1nc2ccccc2s1. The Bertz CT molecular complexity index is 1010. The van der Waals surface area contributed by atoms with Crippen LogP contribution in [0.2, 0.25) is 0 Å². The molecule has 1 aliphatic heterocycles. The smallest absolute Gasteiger partial charge is 0.338 e. The molecule has 3 aromatic rings. The highest BCUT2D eigenvalue weighted by Gasteiger charge is 2.26. The number of anilines is 1. The molecule has 1 amide bonds. The quantitative estimate of drug-likeness (QED) is 0.435. The second kappa shape index (κ2) is 8.74. The summed E-state index contributed by atoms with van der Waals surface area (Å²) in [5, 5.41) is 1.13. The summed E-state index contributed by atoms with van der Waals surface area (Å²) in [5.74, 6) is -0.218. The molecular formula is C23H24N2O3S. The minimum absolute atomic E-state index is 0.122. The number of ether oxygens (including phenoxy) is 1. The molecule has 0 N–H and O–H groups in total. The zero-order chi connectivity index (χ0) is 20.2. The first-order valence-electron chi connectivity index (χ1n) is 10.0. The van der Waals surface area contributed by atoms with Gasteiger partial charge in [-0.2, -0.15) is 0 Å². The van der Waals surface area contributed by atoms with Gasteiger partial charge in [0.05, 0.1) is 27.9 Å². The summed E-state index contributed by atoms with van der Waals surface area (Å²) in [6, 6.07) is 13.7. The number of unbranched alkanes of at least 4 members (excludes halogenated alkanes) is 1. The highest BCUT2D eigenvalue weighted by molar-refractivity contribution is 7.18. The first kappa shape index (κ1) is 19.6. The van der Waals surface area contributed by atoms with E-state index in [0.29, 0.717) is 18.5 Å². The van der Waals surface area contributed by atoms with Crippen molar-refractivity contribution in [1.82, 2.24) is 4.98 Å². The monoisotopic (exact) mass is 408 g/mol. The van der Waals surface area contributed by atoms with Crippen LogP contribution in [-0.2, 0) is 22.4 Å². The number of thiazole rings is 1. The molecule has 0 aliphatic carbocycles. The normalized spacial score (nSPS) is 13.3. The van der Waals surface area contributed by atoms with E-state index in [4.69, 9.17) is 4.74 Å². The number of benzene rings is 2. The largest absolute Gasteiger partial charge is 0.465 e.